The van der Waals surface area contributed by atoms with Crippen molar-refractivity contribution < 1.29 is 19.1 Å². The Morgan fingerprint density at radius 1 is 0.821 bits per heavy atom. The number of piperazine rings is 1. The van der Waals surface area contributed by atoms with Crippen LogP contribution in [-0.2, 0) is 12.8 Å². The first-order chi connectivity index (χ1) is 19.1. The number of hydrogen-bond donors (Lipinski definition) is 2. The molecule has 1 fully saturated rings. The molecule has 9 heteroatoms. The number of aryl methyl sites for hydroxylation is 1. The summed E-state index contributed by atoms with van der Waals surface area (Å²) in [5.41, 5.74) is 2.84. The number of methoxy groups -OCH3 is 2. The van der Waals surface area contributed by atoms with Gasteiger partial charge in [0.1, 0.15) is 5.82 Å². The number of ether oxygens (including phenoxy) is 2. The Kier molecular flexibility index (Phi) is 9.99. The van der Waals surface area contributed by atoms with Crippen molar-refractivity contribution in [2.24, 2.45) is 0 Å². The van der Waals surface area contributed by atoms with E-state index in [1.807, 2.05) is 41.3 Å². The van der Waals surface area contributed by atoms with Gasteiger partial charge in [0, 0.05) is 45.5 Å². The van der Waals surface area contributed by atoms with Crippen LogP contribution in [0.4, 0.5) is 10.6 Å². The minimum atomic E-state index is -0.169. The molecule has 3 aromatic rings. The summed E-state index contributed by atoms with van der Waals surface area (Å²) in [6, 6.07) is 19.5. The Balaban J connectivity index is 1.24. The van der Waals surface area contributed by atoms with E-state index in [1.165, 1.54) is 5.56 Å². The summed E-state index contributed by atoms with van der Waals surface area (Å²) < 4.78 is 10.7. The fourth-order valence-electron chi connectivity index (χ4n) is 4.64. The number of hydrogen-bond acceptors (Lipinski definition) is 6. The molecule has 0 spiro atoms. The molecule has 3 amide bonds. The van der Waals surface area contributed by atoms with Crippen LogP contribution in [0.25, 0.3) is 0 Å². The fraction of sp³-hybridized carbons (Fsp3) is 0.367. The van der Waals surface area contributed by atoms with E-state index in [0.717, 1.165) is 18.4 Å². The van der Waals surface area contributed by atoms with Crippen molar-refractivity contribution in [1.82, 2.24) is 20.5 Å². The molecule has 0 atom stereocenters. The Morgan fingerprint density at radius 2 is 1.59 bits per heavy atom. The average Bonchev–Trinajstić information content (AvgIpc) is 2.99. The van der Waals surface area contributed by atoms with Gasteiger partial charge in [0.05, 0.1) is 19.8 Å². The molecule has 0 bridgehead atoms. The molecule has 2 N–H and O–H groups in total. The quantitative estimate of drug-likeness (QED) is 0.368. The molecule has 0 radical (unpaired) electrons. The molecule has 0 aliphatic carbocycles. The highest BCUT2D eigenvalue weighted by molar-refractivity contribution is 5.98. The van der Waals surface area contributed by atoms with Crippen molar-refractivity contribution in [3.05, 3.63) is 83.6 Å². The predicted octanol–water partition coefficient (Wildman–Crippen LogP) is 3.54. The van der Waals surface area contributed by atoms with E-state index in [1.54, 1.807) is 32.5 Å². The SMILES string of the molecule is COc1ccc(CCNC(=O)c2cccnc2N2CCN(C(=O)NCCCc3ccccc3)CC2)cc1OC. The highest BCUT2D eigenvalue weighted by atomic mass is 16.5. The Bertz CT molecular complexity index is 1230. The summed E-state index contributed by atoms with van der Waals surface area (Å²) >= 11 is 0. The van der Waals surface area contributed by atoms with Gasteiger partial charge in [-0.3, -0.25) is 4.79 Å². The number of carbonyl (C=O) groups excluding carboxylic acids is 2. The summed E-state index contributed by atoms with van der Waals surface area (Å²) in [6.07, 6.45) is 4.18. The van der Waals surface area contributed by atoms with Crippen molar-refractivity contribution in [1.29, 1.82) is 0 Å². The molecule has 206 valence electrons. The third-order valence-corrected chi connectivity index (χ3v) is 6.81. The standard InChI is InChI=1S/C30H37N5O4/c1-38-26-13-12-24(22-27(26)39-2)14-17-32-29(36)25-11-7-15-31-28(25)34-18-20-35(21-19-34)30(37)33-16-6-10-23-8-4-3-5-9-23/h3-5,7-9,11-13,15,22H,6,10,14,16-21H2,1-2H3,(H,32,36)(H,33,37). The van der Waals surface area contributed by atoms with Crippen LogP contribution in [0.5, 0.6) is 11.5 Å². The van der Waals surface area contributed by atoms with Crippen LogP contribution in [0.1, 0.15) is 27.9 Å². The number of carbonyl (C=O) groups is 2. The van der Waals surface area contributed by atoms with Crippen LogP contribution in [0.3, 0.4) is 0 Å². The van der Waals surface area contributed by atoms with Crippen molar-refractivity contribution in [3.8, 4) is 11.5 Å². The third-order valence-electron chi connectivity index (χ3n) is 6.81. The summed E-state index contributed by atoms with van der Waals surface area (Å²) in [5.74, 6) is 1.81. The molecule has 4 rings (SSSR count). The second kappa shape index (κ2) is 14.0. The van der Waals surface area contributed by atoms with Gasteiger partial charge in [-0.05, 0) is 54.7 Å². The van der Waals surface area contributed by atoms with E-state index in [4.69, 9.17) is 9.47 Å². The smallest absolute Gasteiger partial charge is 0.317 e. The zero-order valence-electron chi connectivity index (χ0n) is 22.7. The van der Waals surface area contributed by atoms with Gasteiger partial charge in [-0.2, -0.15) is 0 Å². The van der Waals surface area contributed by atoms with E-state index in [-0.39, 0.29) is 11.9 Å². The average molecular weight is 532 g/mol. The number of amides is 3. The van der Waals surface area contributed by atoms with E-state index in [0.29, 0.717) is 68.6 Å². The van der Waals surface area contributed by atoms with Crippen molar-refractivity contribution in [3.63, 3.8) is 0 Å². The molecule has 1 aliphatic heterocycles. The minimum Gasteiger partial charge on any atom is -0.493 e. The lowest BCUT2D eigenvalue weighted by atomic mass is 10.1. The largest absolute Gasteiger partial charge is 0.493 e. The minimum absolute atomic E-state index is 0.0446. The molecule has 0 saturated carbocycles. The summed E-state index contributed by atoms with van der Waals surface area (Å²) in [4.78, 5) is 34.1. The lowest BCUT2D eigenvalue weighted by Crippen LogP contribution is -2.52. The first-order valence-corrected chi connectivity index (χ1v) is 13.3. The first-order valence-electron chi connectivity index (χ1n) is 13.3. The normalized spacial score (nSPS) is 13.1. The summed E-state index contributed by atoms with van der Waals surface area (Å²) in [6.45, 7) is 3.48. The van der Waals surface area contributed by atoms with Crippen molar-refractivity contribution in [2.45, 2.75) is 19.3 Å². The number of anilines is 1. The zero-order valence-corrected chi connectivity index (χ0v) is 22.7. The lowest BCUT2D eigenvalue weighted by Gasteiger charge is -2.36. The van der Waals surface area contributed by atoms with Crippen molar-refractivity contribution >= 4 is 17.8 Å². The van der Waals surface area contributed by atoms with Gasteiger partial charge >= 0.3 is 6.03 Å². The van der Waals surface area contributed by atoms with Crippen LogP contribution >= 0.6 is 0 Å². The van der Waals surface area contributed by atoms with E-state index < -0.39 is 0 Å². The molecular formula is C30H37N5O4. The van der Waals surface area contributed by atoms with E-state index in [2.05, 4.69) is 32.7 Å². The highest BCUT2D eigenvalue weighted by Crippen LogP contribution is 2.27. The molecule has 39 heavy (non-hydrogen) atoms. The Labute approximate surface area is 230 Å². The Morgan fingerprint density at radius 3 is 2.33 bits per heavy atom. The molecule has 1 aliphatic rings. The maximum Gasteiger partial charge on any atom is 0.317 e. The van der Waals surface area contributed by atoms with Gasteiger partial charge < -0.3 is 29.9 Å². The number of rotatable bonds is 11. The van der Waals surface area contributed by atoms with Crippen LogP contribution in [0.15, 0.2) is 66.9 Å². The van der Waals surface area contributed by atoms with Gasteiger partial charge in [-0.15, -0.1) is 0 Å². The molecular weight excluding hydrogens is 494 g/mol. The van der Waals surface area contributed by atoms with Gasteiger partial charge in [-0.25, -0.2) is 9.78 Å². The predicted molar refractivity (Wildman–Crippen MR) is 152 cm³/mol. The van der Waals surface area contributed by atoms with Crippen LogP contribution < -0.4 is 25.0 Å². The number of nitrogens with one attached hydrogen (secondary N) is 2. The lowest BCUT2D eigenvalue weighted by molar-refractivity contribution is 0.0954. The van der Waals surface area contributed by atoms with Gasteiger partial charge in [-0.1, -0.05) is 36.4 Å². The number of pyridine rings is 1. The number of aromatic nitrogens is 1. The monoisotopic (exact) mass is 531 g/mol. The number of urea groups is 1. The third kappa shape index (κ3) is 7.63. The number of nitrogens with zero attached hydrogens (tertiary/aromatic N) is 3. The molecule has 2 aromatic carbocycles. The van der Waals surface area contributed by atoms with Crippen LogP contribution in [-0.4, -0.2) is 75.3 Å². The van der Waals surface area contributed by atoms with E-state index >= 15 is 0 Å². The van der Waals surface area contributed by atoms with Crippen molar-refractivity contribution in [2.75, 3.05) is 58.4 Å². The second-order valence-electron chi connectivity index (χ2n) is 9.36. The topological polar surface area (TPSA) is 96.0 Å². The van der Waals surface area contributed by atoms with Gasteiger partial charge in [0.15, 0.2) is 11.5 Å². The maximum atomic E-state index is 13.0. The van der Waals surface area contributed by atoms with Crippen LogP contribution in [0, 0.1) is 0 Å². The van der Waals surface area contributed by atoms with Gasteiger partial charge in [0.2, 0.25) is 0 Å². The molecule has 1 aromatic heterocycles. The first kappa shape index (κ1) is 27.8. The summed E-state index contributed by atoms with van der Waals surface area (Å²) in [5, 5.41) is 6.04. The van der Waals surface area contributed by atoms with Crippen LogP contribution in [0.2, 0.25) is 0 Å². The molecule has 0 unspecified atom stereocenters. The zero-order chi connectivity index (χ0) is 27.5. The molecule has 2 heterocycles. The van der Waals surface area contributed by atoms with E-state index in [9.17, 15) is 9.59 Å². The fourth-order valence-corrected chi connectivity index (χ4v) is 4.64. The maximum absolute atomic E-state index is 13.0. The molecule has 1 saturated heterocycles. The number of benzene rings is 2. The Hall–Kier alpha value is -4.27. The summed E-state index contributed by atoms with van der Waals surface area (Å²) in [7, 11) is 3.21. The second-order valence-corrected chi connectivity index (χ2v) is 9.36. The highest BCUT2D eigenvalue weighted by Gasteiger charge is 2.24. The van der Waals surface area contributed by atoms with Gasteiger partial charge in [0.25, 0.3) is 5.91 Å². The molecule has 9 nitrogen and oxygen atoms in total.